The van der Waals surface area contributed by atoms with Gasteiger partial charge < -0.3 is 34.3 Å². The van der Waals surface area contributed by atoms with Gasteiger partial charge in [-0.2, -0.15) is 0 Å². The van der Waals surface area contributed by atoms with Crippen molar-refractivity contribution < 1.29 is 29.2 Å². The van der Waals surface area contributed by atoms with E-state index in [-0.39, 0.29) is 6.42 Å². The van der Waals surface area contributed by atoms with E-state index in [9.17, 15) is 15.0 Å². The fourth-order valence-corrected chi connectivity index (χ4v) is 7.02. The molecule has 3 aromatic carbocycles. The number of aromatic nitrogens is 3. The van der Waals surface area contributed by atoms with Gasteiger partial charge >= 0.3 is 5.97 Å². The molecule has 0 spiro atoms. The van der Waals surface area contributed by atoms with E-state index in [4.69, 9.17) is 19.2 Å². The fourth-order valence-electron chi connectivity index (χ4n) is 7.02. The summed E-state index contributed by atoms with van der Waals surface area (Å²) in [5.74, 6) is 0.878. The smallest absolute Gasteiger partial charge is 0.306 e. The Balaban J connectivity index is 1.37. The number of anilines is 1. The van der Waals surface area contributed by atoms with Crippen molar-refractivity contribution in [3.8, 4) is 5.75 Å². The number of aliphatic hydroxyl groups is 2. The number of nitrogens with zero attached hydrogens (tertiary/aromatic N) is 3. The predicted octanol–water partition coefficient (Wildman–Crippen LogP) is 6.76. The molecule has 10 heteroatoms. The van der Waals surface area contributed by atoms with E-state index in [1.807, 2.05) is 66.7 Å². The first-order chi connectivity index (χ1) is 24.3. The Morgan fingerprint density at radius 2 is 1.56 bits per heavy atom. The minimum atomic E-state index is -1.67. The number of ether oxygens (including phenoxy) is 3. The third-order valence-corrected chi connectivity index (χ3v) is 9.64. The molecule has 0 amide bonds. The molecule has 50 heavy (non-hydrogen) atoms. The molecule has 4 atom stereocenters. The van der Waals surface area contributed by atoms with Gasteiger partial charge in [0.15, 0.2) is 12.3 Å². The largest absolute Gasteiger partial charge is 0.497 e. The highest BCUT2D eigenvalue weighted by Gasteiger charge is 2.56. The molecule has 262 valence electrons. The van der Waals surface area contributed by atoms with Crippen molar-refractivity contribution in [2.75, 3.05) is 19.0 Å². The number of methoxy groups -OCH3 is 1. The molecule has 1 fully saturated rings. The normalized spacial score (nSPS) is 20.5. The molecule has 10 nitrogen and oxygen atoms in total. The van der Waals surface area contributed by atoms with Crippen LogP contribution in [0.3, 0.4) is 0 Å². The Bertz CT molecular complexity index is 1810. The molecular formula is C40H46N4O6. The summed E-state index contributed by atoms with van der Waals surface area (Å²) >= 11 is 0. The summed E-state index contributed by atoms with van der Waals surface area (Å²) < 4.78 is 19.2. The minimum Gasteiger partial charge on any atom is -0.497 e. The zero-order valence-corrected chi connectivity index (χ0v) is 28.9. The van der Waals surface area contributed by atoms with Crippen molar-refractivity contribution in [2.24, 2.45) is 0 Å². The second-order valence-corrected chi connectivity index (χ2v) is 13.0. The first-order valence-electron chi connectivity index (χ1n) is 17.4. The number of unbranched alkanes of at least 4 members (excludes halogenated alkanes) is 4. The lowest BCUT2D eigenvalue weighted by atomic mass is 9.77. The number of nitrogens with one attached hydrogen (secondary N) is 1. The Morgan fingerprint density at radius 1 is 0.920 bits per heavy atom. The molecule has 0 saturated carbocycles. The van der Waals surface area contributed by atoms with Crippen LogP contribution in [0.4, 0.5) is 5.82 Å². The van der Waals surface area contributed by atoms with Crippen LogP contribution in [0, 0.1) is 0 Å². The van der Waals surface area contributed by atoms with Crippen LogP contribution in [-0.2, 0) is 19.8 Å². The van der Waals surface area contributed by atoms with Crippen molar-refractivity contribution in [3.63, 3.8) is 0 Å². The topological polar surface area (TPSA) is 128 Å². The molecule has 1 saturated heterocycles. The Morgan fingerprint density at radius 3 is 2.18 bits per heavy atom. The van der Waals surface area contributed by atoms with Gasteiger partial charge in [0.05, 0.1) is 19.1 Å². The summed E-state index contributed by atoms with van der Waals surface area (Å²) in [5, 5.41) is 26.6. The van der Waals surface area contributed by atoms with Crippen LogP contribution in [-0.4, -0.2) is 62.2 Å². The molecule has 0 aliphatic carbocycles. The van der Waals surface area contributed by atoms with Gasteiger partial charge in [-0.1, -0.05) is 105 Å². The van der Waals surface area contributed by atoms with Gasteiger partial charge in [-0.3, -0.25) is 4.79 Å². The lowest BCUT2D eigenvalue weighted by Gasteiger charge is -2.37. The number of carbonyl (C=O) groups excluding carboxylic acids is 1. The third-order valence-electron chi connectivity index (χ3n) is 9.64. The van der Waals surface area contributed by atoms with E-state index >= 15 is 0 Å². The lowest BCUT2D eigenvalue weighted by Crippen LogP contribution is -2.47. The van der Waals surface area contributed by atoms with Crippen LogP contribution in [0.1, 0.15) is 75.3 Å². The molecule has 0 radical (unpaired) electrons. The number of rotatable bonds is 15. The summed E-state index contributed by atoms with van der Waals surface area (Å²) in [7, 11) is 1.65. The monoisotopic (exact) mass is 678 g/mol. The highest BCUT2D eigenvalue weighted by molar-refractivity contribution is 5.88. The van der Waals surface area contributed by atoms with Gasteiger partial charge in [0, 0.05) is 12.6 Å². The zero-order chi connectivity index (χ0) is 35.1. The minimum absolute atomic E-state index is 0.243. The van der Waals surface area contributed by atoms with E-state index in [1.54, 1.807) is 24.8 Å². The average Bonchev–Trinajstić information content (AvgIpc) is 3.69. The van der Waals surface area contributed by atoms with Crippen LogP contribution >= 0.6 is 0 Å². The highest BCUT2D eigenvalue weighted by Crippen LogP contribution is 2.44. The standard InChI is InChI=1S/C40H46N4O6/c1-4-5-6-7-14-19-34(46)50-35-33(26-45)49-38(39(35,2)47)44-25-24-32-36(41-27-42-37(32)44)43-40(28-15-10-8-11-16-28,29-17-12-9-13-18-29)30-20-22-31(48-3)23-21-30/h8-13,15-18,20-25,27,33,35,38,45,47H,4-7,14,19,26H2,1-3H3,(H,41,42,43)/t33-,35-,38-,39-/m1/s1. The maximum Gasteiger partial charge on any atom is 0.306 e. The van der Waals surface area contributed by atoms with Crippen molar-refractivity contribution in [2.45, 2.75) is 81.9 Å². The average molecular weight is 679 g/mol. The number of fused-ring (bicyclic) bond motifs is 1. The molecule has 1 aliphatic heterocycles. The predicted molar refractivity (Wildman–Crippen MR) is 192 cm³/mol. The number of hydrogen-bond acceptors (Lipinski definition) is 9. The summed E-state index contributed by atoms with van der Waals surface area (Å²) in [5.41, 5.74) is 0.889. The third kappa shape index (κ3) is 6.83. The van der Waals surface area contributed by atoms with Crippen LogP contribution < -0.4 is 10.1 Å². The molecule has 5 aromatic rings. The first-order valence-corrected chi connectivity index (χ1v) is 17.4. The quantitative estimate of drug-likeness (QED) is 0.0626. The van der Waals surface area contributed by atoms with E-state index in [0.29, 0.717) is 23.3 Å². The molecule has 3 N–H and O–H groups in total. The molecule has 0 unspecified atom stereocenters. The zero-order valence-electron chi connectivity index (χ0n) is 28.9. The molecule has 6 rings (SSSR count). The van der Waals surface area contributed by atoms with E-state index in [2.05, 4.69) is 41.5 Å². The summed E-state index contributed by atoms with van der Waals surface area (Å²) in [6.45, 7) is 3.28. The van der Waals surface area contributed by atoms with Crippen LogP contribution in [0.25, 0.3) is 11.0 Å². The highest BCUT2D eigenvalue weighted by atomic mass is 16.6. The molecular weight excluding hydrogens is 632 g/mol. The van der Waals surface area contributed by atoms with Gasteiger partial charge in [-0.15, -0.1) is 0 Å². The number of hydrogen-bond donors (Lipinski definition) is 3. The number of esters is 1. The fraction of sp³-hybridized carbons (Fsp3) is 0.375. The Labute approximate surface area is 293 Å². The molecule has 1 aliphatic rings. The van der Waals surface area contributed by atoms with Gasteiger partial charge in [0.25, 0.3) is 0 Å². The van der Waals surface area contributed by atoms with Gasteiger partial charge in [0.1, 0.15) is 40.8 Å². The maximum atomic E-state index is 12.8. The number of carbonyl (C=O) groups is 1. The van der Waals surface area contributed by atoms with E-state index in [0.717, 1.165) is 48.1 Å². The number of aliphatic hydroxyl groups excluding tert-OH is 1. The van der Waals surface area contributed by atoms with Crippen LogP contribution in [0.2, 0.25) is 0 Å². The second kappa shape index (κ2) is 15.4. The molecule has 2 aromatic heterocycles. The van der Waals surface area contributed by atoms with Crippen LogP contribution in [0.15, 0.2) is 104 Å². The van der Waals surface area contributed by atoms with Gasteiger partial charge in [-0.25, -0.2) is 9.97 Å². The van der Waals surface area contributed by atoms with Crippen molar-refractivity contribution in [1.29, 1.82) is 0 Å². The molecule has 0 bridgehead atoms. The summed E-state index contributed by atoms with van der Waals surface area (Å²) in [6.07, 6.45) is 5.44. The van der Waals surface area contributed by atoms with Crippen LogP contribution in [0.5, 0.6) is 5.75 Å². The van der Waals surface area contributed by atoms with Gasteiger partial charge in [0.2, 0.25) is 0 Å². The van der Waals surface area contributed by atoms with E-state index < -0.39 is 42.2 Å². The van der Waals surface area contributed by atoms with Crippen molar-refractivity contribution >= 4 is 22.8 Å². The van der Waals surface area contributed by atoms with E-state index in [1.165, 1.54) is 6.33 Å². The summed E-state index contributed by atoms with van der Waals surface area (Å²) in [6, 6.07) is 30.2. The SMILES string of the molecule is CCCCCCCC(=O)O[C@@H]1[C@@H](CO)O[C@@H](n2ccc3c(NC(c4ccccc4)(c4ccccc4)c4ccc(OC)cc4)ncnc32)[C@]1(C)O. The Hall–Kier alpha value is -4.77. The van der Waals surface area contributed by atoms with Crippen molar-refractivity contribution in [3.05, 3.63) is 120 Å². The second-order valence-electron chi connectivity index (χ2n) is 13.0. The first kappa shape index (κ1) is 35.1. The number of benzene rings is 3. The molecule has 3 heterocycles. The summed E-state index contributed by atoms with van der Waals surface area (Å²) in [4.78, 5) is 22.2. The maximum absolute atomic E-state index is 12.8. The van der Waals surface area contributed by atoms with Crippen molar-refractivity contribution in [1.82, 2.24) is 14.5 Å². The Kier molecular flexibility index (Phi) is 10.8. The van der Waals surface area contributed by atoms with Gasteiger partial charge in [-0.05, 0) is 48.2 Å². The lowest BCUT2D eigenvalue weighted by molar-refractivity contribution is -0.164.